The summed E-state index contributed by atoms with van der Waals surface area (Å²) in [5.74, 6) is 1.79. The third-order valence-electron chi connectivity index (χ3n) is 9.82. The van der Waals surface area contributed by atoms with Crippen LogP contribution >= 0.6 is 22.7 Å². The normalized spacial score (nSPS) is 21.8. The molecule has 12 heteroatoms. The highest BCUT2D eigenvalue weighted by Gasteiger charge is 2.48. The Morgan fingerprint density at radius 1 is 1.18 bits per heavy atom. The summed E-state index contributed by atoms with van der Waals surface area (Å²) in [5, 5.41) is 24.3. The van der Waals surface area contributed by atoms with Crippen molar-refractivity contribution in [2.24, 2.45) is 0 Å². The van der Waals surface area contributed by atoms with Crippen LogP contribution in [-0.2, 0) is 18.3 Å². The smallest absolute Gasteiger partial charge is 0.217 e. The summed E-state index contributed by atoms with van der Waals surface area (Å²) in [6.45, 7) is 3.18. The van der Waals surface area contributed by atoms with E-state index in [0.29, 0.717) is 39.7 Å². The van der Waals surface area contributed by atoms with Gasteiger partial charge in [-0.15, -0.1) is 11.3 Å². The van der Waals surface area contributed by atoms with Gasteiger partial charge in [0.05, 0.1) is 22.4 Å². The number of likely N-dealkylation sites (N-methyl/N-ethyl adjacent to an activating group) is 1. The first-order chi connectivity index (χ1) is 21.9. The molecular weight excluding hydrogens is 605 g/mol. The summed E-state index contributed by atoms with van der Waals surface area (Å²) in [6.07, 6.45) is 9.62. The second-order valence-corrected chi connectivity index (χ2v) is 14.4. The van der Waals surface area contributed by atoms with Crippen LogP contribution in [0.4, 0.5) is 5.00 Å². The summed E-state index contributed by atoms with van der Waals surface area (Å²) >= 11 is 3.18. The van der Waals surface area contributed by atoms with Gasteiger partial charge in [0.2, 0.25) is 5.88 Å². The number of hydrogen-bond donors (Lipinski definition) is 1. The molecule has 1 saturated heterocycles. The van der Waals surface area contributed by atoms with E-state index in [1.165, 1.54) is 4.88 Å². The molecule has 0 bridgehead atoms. The monoisotopic (exact) mass is 638 g/mol. The molecule has 0 unspecified atom stereocenters. The molecule has 5 aromatic heterocycles. The number of fused-ring (bicyclic) bond motifs is 4. The minimum Gasteiger partial charge on any atom is -0.473 e. The average molecular weight is 639 g/mol. The highest BCUT2D eigenvalue weighted by Crippen LogP contribution is 2.55. The Labute approximate surface area is 269 Å². The van der Waals surface area contributed by atoms with Crippen molar-refractivity contribution in [2.45, 2.75) is 75.9 Å². The highest BCUT2D eigenvalue weighted by molar-refractivity contribution is 7.16. The van der Waals surface area contributed by atoms with Crippen LogP contribution < -0.4 is 10.5 Å². The Kier molecular flexibility index (Phi) is 7.00. The van der Waals surface area contributed by atoms with Gasteiger partial charge < -0.3 is 15.0 Å². The van der Waals surface area contributed by atoms with Crippen LogP contribution in [-0.4, -0.2) is 55.5 Å². The summed E-state index contributed by atoms with van der Waals surface area (Å²) in [5.41, 5.74) is 11.6. The number of ether oxygens (including phenoxy) is 1. The second kappa shape index (κ2) is 11.1. The van der Waals surface area contributed by atoms with E-state index >= 15 is 0 Å². The SMILES string of the molecule is C[C@H](Oc1cc(-c2ccn(-c3ccsc3)n2)nc(-c2noc3c2CCC[C@@]32CCCc3sc(N)c(C#N)c32)n1)[C@@H]1CCCN1C. The number of nitrogen functional groups attached to an aromatic ring is 1. The van der Waals surface area contributed by atoms with Crippen molar-refractivity contribution in [3.63, 3.8) is 0 Å². The second-order valence-electron chi connectivity index (χ2n) is 12.4. The molecule has 10 nitrogen and oxygen atoms in total. The van der Waals surface area contributed by atoms with Crippen molar-refractivity contribution in [3.8, 4) is 40.5 Å². The maximum Gasteiger partial charge on any atom is 0.217 e. The molecule has 0 saturated carbocycles. The first-order valence-corrected chi connectivity index (χ1v) is 17.4. The van der Waals surface area contributed by atoms with Gasteiger partial charge in [0.25, 0.3) is 0 Å². The molecule has 5 aromatic rings. The van der Waals surface area contributed by atoms with E-state index in [-0.39, 0.29) is 6.10 Å². The van der Waals surface area contributed by atoms with Gasteiger partial charge in [0.1, 0.15) is 22.9 Å². The minimum absolute atomic E-state index is 0.0555. The fourth-order valence-electron chi connectivity index (χ4n) is 7.73. The molecule has 6 heterocycles. The lowest BCUT2D eigenvalue weighted by Crippen LogP contribution is -2.38. The van der Waals surface area contributed by atoms with Crippen molar-refractivity contribution < 1.29 is 9.26 Å². The zero-order chi connectivity index (χ0) is 30.7. The quantitative estimate of drug-likeness (QED) is 0.225. The van der Waals surface area contributed by atoms with Crippen molar-refractivity contribution in [2.75, 3.05) is 19.3 Å². The van der Waals surface area contributed by atoms with Crippen LogP contribution in [0.3, 0.4) is 0 Å². The van der Waals surface area contributed by atoms with E-state index in [1.54, 1.807) is 22.7 Å². The van der Waals surface area contributed by atoms with Gasteiger partial charge in [-0.25, -0.2) is 9.67 Å². The van der Waals surface area contributed by atoms with Gasteiger partial charge >= 0.3 is 0 Å². The van der Waals surface area contributed by atoms with Crippen LogP contribution in [0.25, 0.3) is 28.6 Å². The van der Waals surface area contributed by atoms with Gasteiger partial charge in [0, 0.05) is 34.1 Å². The predicted molar refractivity (Wildman–Crippen MR) is 174 cm³/mol. The van der Waals surface area contributed by atoms with E-state index in [0.717, 1.165) is 86.2 Å². The molecule has 1 aliphatic heterocycles. The Hall–Kier alpha value is -4.05. The number of likely N-dealkylation sites (tertiary alicyclic amines) is 1. The number of rotatable bonds is 6. The number of aromatic nitrogens is 5. The Bertz CT molecular complexity index is 1910. The Morgan fingerprint density at radius 3 is 2.82 bits per heavy atom. The van der Waals surface area contributed by atoms with E-state index in [1.807, 2.05) is 34.5 Å². The molecule has 45 heavy (non-hydrogen) atoms. The van der Waals surface area contributed by atoms with Gasteiger partial charge in [-0.2, -0.15) is 26.7 Å². The average Bonchev–Trinajstić information content (AvgIpc) is 3.87. The summed E-state index contributed by atoms with van der Waals surface area (Å²) in [7, 11) is 2.15. The van der Waals surface area contributed by atoms with Crippen LogP contribution in [0, 0.1) is 11.3 Å². The zero-order valence-electron chi connectivity index (χ0n) is 25.3. The first-order valence-electron chi connectivity index (χ1n) is 15.6. The van der Waals surface area contributed by atoms with E-state index in [9.17, 15) is 5.26 Å². The van der Waals surface area contributed by atoms with Crippen molar-refractivity contribution in [1.82, 2.24) is 29.8 Å². The van der Waals surface area contributed by atoms with Gasteiger partial charge in [-0.05, 0) is 95.0 Å². The van der Waals surface area contributed by atoms with Crippen molar-refractivity contribution in [3.05, 3.63) is 62.5 Å². The van der Waals surface area contributed by atoms with Crippen molar-refractivity contribution in [1.29, 1.82) is 5.26 Å². The molecule has 1 fully saturated rings. The van der Waals surface area contributed by atoms with Crippen molar-refractivity contribution >= 4 is 27.7 Å². The topological polar surface area (TPSA) is 132 Å². The lowest BCUT2D eigenvalue weighted by molar-refractivity contribution is 0.117. The molecular formula is C33H34N8O2S2. The maximum absolute atomic E-state index is 10.1. The third kappa shape index (κ3) is 4.67. The van der Waals surface area contributed by atoms with E-state index < -0.39 is 5.41 Å². The largest absolute Gasteiger partial charge is 0.473 e. The standard InChI is InChI=1S/C33H34N8O2S2/c1-19(25-7-5-13-40(25)2)42-27-16-24(23-9-14-41(38-23)20-10-15-44-18-20)36-32(37-27)29-21-6-3-11-33(30(21)43-39-29)12-4-8-26-28(33)22(17-34)31(35)45-26/h9-10,14-16,18-19,25H,3-8,11-13,35H2,1-2H3/t19-,25-,33-/m0/s1. The third-order valence-corrected chi connectivity index (χ3v) is 11.6. The fraction of sp³-hybridized carbons (Fsp3) is 0.424. The van der Waals surface area contributed by atoms with E-state index in [4.69, 9.17) is 30.1 Å². The van der Waals surface area contributed by atoms with Crippen LogP contribution in [0.15, 0.2) is 39.7 Å². The Balaban J connectivity index is 1.23. The van der Waals surface area contributed by atoms with Gasteiger partial charge in [-0.1, -0.05) is 5.16 Å². The lowest BCUT2D eigenvalue weighted by Gasteiger charge is -2.39. The maximum atomic E-state index is 10.1. The fourth-order valence-corrected chi connectivity index (χ4v) is 9.51. The number of hydrogen-bond acceptors (Lipinski definition) is 11. The van der Waals surface area contributed by atoms with Crippen LogP contribution in [0.2, 0.25) is 0 Å². The van der Waals surface area contributed by atoms with Crippen LogP contribution in [0.5, 0.6) is 5.88 Å². The highest BCUT2D eigenvalue weighted by atomic mass is 32.1. The molecule has 1 spiro atoms. The Morgan fingerprint density at radius 2 is 2.04 bits per heavy atom. The summed E-state index contributed by atoms with van der Waals surface area (Å²) in [4.78, 5) is 13.5. The predicted octanol–water partition coefficient (Wildman–Crippen LogP) is 6.38. The number of nitrogens with two attached hydrogens (primary N) is 1. The molecule has 2 aliphatic carbocycles. The van der Waals surface area contributed by atoms with Gasteiger partial charge in [-0.3, -0.25) is 4.90 Å². The molecule has 0 amide bonds. The first kappa shape index (κ1) is 28.4. The number of nitrogens with zero attached hydrogens (tertiary/aromatic N) is 7. The molecule has 3 aliphatic rings. The lowest BCUT2D eigenvalue weighted by atomic mass is 9.63. The number of thiophene rings is 2. The van der Waals surface area contributed by atoms with Crippen LogP contribution in [0.1, 0.15) is 72.8 Å². The number of nitriles is 1. The molecule has 230 valence electrons. The zero-order valence-corrected chi connectivity index (χ0v) is 27.0. The molecule has 8 rings (SSSR count). The molecule has 0 aromatic carbocycles. The molecule has 0 radical (unpaired) electrons. The van der Waals surface area contributed by atoms with E-state index in [2.05, 4.69) is 35.5 Å². The summed E-state index contributed by atoms with van der Waals surface area (Å²) in [6, 6.07) is 8.60. The minimum atomic E-state index is -0.413. The number of anilines is 1. The summed E-state index contributed by atoms with van der Waals surface area (Å²) < 4.78 is 14.7. The molecule has 3 atom stereocenters. The molecule has 2 N–H and O–H groups in total. The number of aryl methyl sites for hydroxylation is 1. The van der Waals surface area contributed by atoms with Gasteiger partial charge in [0.15, 0.2) is 17.3 Å².